The molecular formula is C48H81N3O6. The summed E-state index contributed by atoms with van der Waals surface area (Å²) >= 11 is 0. The summed E-state index contributed by atoms with van der Waals surface area (Å²) in [5, 5.41) is 0. The normalized spacial score (nSPS) is 21.2. The van der Waals surface area contributed by atoms with Crippen molar-refractivity contribution in [2.75, 3.05) is 33.9 Å². The molecule has 9 nitrogen and oxygen atoms in total. The van der Waals surface area contributed by atoms with Gasteiger partial charge in [0.25, 0.3) is 0 Å². The number of imidazole rings is 1. The predicted octanol–water partition coefficient (Wildman–Crippen LogP) is 11.1. The van der Waals surface area contributed by atoms with Gasteiger partial charge in [-0.25, -0.2) is 4.98 Å². The van der Waals surface area contributed by atoms with Gasteiger partial charge in [0.1, 0.15) is 25.9 Å². The Morgan fingerprint density at radius 2 is 1.33 bits per heavy atom. The van der Waals surface area contributed by atoms with Crippen LogP contribution in [0.2, 0.25) is 0 Å². The summed E-state index contributed by atoms with van der Waals surface area (Å²) in [5.74, 6) is 1.09. The second kappa shape index (κ2) is 30.2. The SMILES string of the molecule is CCCCC/C=C\C/C=C\CCCCCCCC(=O)OCC(COC(=O)[C@H](Cc1c[nH]cn1)N(C)C)COC(=O)[C@H]1CC[C@H]([C@H]2CC[C@H](CCCCC)CC2)CC1. The fourth-order valence-corrected chi connectivity index (χ4v) is 8.66. The smallest absolute Gasteiger partial charge is 0.323 e. The van der Waals surface area contributed by atoms with Crippen molar-refractivity contribution in [3.8, 4) is 0 Å². The first-order chi connectivity index (χ1) is 27.8. The van der Waals surface area contributed by atoms with Crippen LogP contribution in [0.3, 0.4) is 0 Å². The minimum atomic E-state index is -0.524. The number of carbonyl (C=O) groups excluding carboxylic acids is 3. The third-order valence-electron chi connectivity index (χ3n) is 12.5. The minimum Gasteiger partial charge on any atom is -0.465 e. The monoisotopic (exact) mass is 796 g/mol. The molecule has 0 radical (unpaired) electrons. The van der Waals surface area contributed by atoms with E-state index >= 15 is 0 Å². The molecule has 9 heteroatoms. The number of aromatic amines is 1. The Hall–Kier alpha value is -2.94. The van der Waals surface area contributed by atoms with Crippen LogP contribution >= 0.6 is 0 Å². The maximum absolute atomic E-state index is 13.3. The van der Waals surface area contributed by atoms with E-state index in [2.05, 4.69) is 48.1 Å². The molecule has 0 bridgehead atoms. The van der Waals surface area contributed by atoms with Gasteiger partial charge in [0, 0.05) is 19.0 Å². The molecule has 2 fully saturated rings. The van der Waals surface area contributed by atoms with Gasteiger partial charge >= 0.3 is 17.9 Å². The van der Waals surface area contributed by atoms with E-state index in [1.54, 1.807) is 12.5 Å². The lowest BCUT2D eigenvalue weighted by Gasteiger charge is -2.37. The van der Waals surface area contributed by atoms with Crippen LogP contribution in [0.15, 0.2) is 36.8 Å². The molecule has 2 saturated carbocycles. The van der Waals surface area contributed by atoms with Crippen LogP contribution in [-0.4, -0.2) is 72.7 Å². The predicted molar refractivity (Wildman–Crippen MR) is 231 cm³/mol. The molecule has 2 aliphatic rings. The number of rotatable bonds is 30. The highest BCUT2D eigenvalue weighted by molar-refractivity contribution is 5.76. The first-order valence-electron chi connectivity index (χ1n) is 23.2. The van der Waals surface area contributed by atoms with Crippen molar-refractivity contribution in [2.24, 2.45) is 29.6 Å². The van der Waals surface area contributed by atoms with Crippen LogP contribution in [0.5, 0.6) is 0 Å². The summed E-state index contributed by atoms with van der Waals surface area (Å²) < 4.78 is 17.3. The molecular weight excluding hydrogens is 715 g/mol. The number of hydrogen-bond acceptors (Lipinski definition) is 8. The lowest BCUT2D eigenvalue weighted by molar-refractivity contribution is -0.158. The average molecular weight is 796 g/mol. The molecule has 0 saturated heterocycles. The van der Waals surface area contributed by atoms with E-state index in [-0.39, 0.29) is 43.6 Å². The molecule has 1 aromatic rings. The molecule has 1 aromatic heterocycles. The van der Waals surface area contributed by atoms with Gasteiger partial charge < -0.3 is 19.2 Å². The van der Waals surface area contributed by atoms with Crippen molar-refractivity contribution in [1.82, 2.24) is 14.9 Å². The van der Waals surface area contributed by atoms with Crippen LogP contribution in [-0.2, 0) is 35.0 Å². The van der Waals surface area contributed by atoms with E-state index in [1.807, 2.05) is 19.0 Å². The lowest BCUT2D eigenvalue weighted by atomic mass is 9.68. The molecule has 2 aliphatic carbocycles. The fraction of sp³-hybridized carbons (Fsp3) is 0.792. The van der Waals surface area contributed by atoms with E-state index in [0.717, 1.165) is 94.1 Å². The van der Waals surface area contributed by atoms with Gasteiger partial charge in [-0.05, 0) is 109 Å². The van der Waals surface area contributed by atoms with Crippen molar-refractivity contribution in [1.29, 1.82) is 0 Å². The van der Waals surface area contributed by atoms with E-state index in [0.29, 0.717) is 12.8 Å². The maximum atomic E-state index is 13.3. The Labute approximate surface area is 346 Å². The highest BCUT2D eigenvalue weighted by Gasteiger charge is 2.34. The summed E-state index contributed by atoms with van der Waals surface area (Å²) in [6, 6.07) is -0.524. The number of esters is 3. The van der Waals surface area contributed by atoms with Crippen LogP contribution in [0.4, 0.5) is 0 Å². The van der Waals surface area contributed by atoms with Gasteiger partial charge in [-0.3, -0.25) is 19.3 Å². The van der Waals surface area contributed by atoms with Gasteiger partial charge in [0.05, 0.1) is 23.9 Å². The first kappa shape index (κ1) is 48.4. The van der Waals surface area contributed by atoms with Crippen molar-refractivity contribution >= 4 is 17.9 Å². The summed E-state index contributed by atoms with van der Waals surface area (Å²) in [5.41, 5.74) is 0.767. The number of hydrogen-bond donors (Lipinski definition) is 1. The molecule has 57 heavy (non-hydrogen) atoms. The summed E-state index contributed by atoms with van der Waals surface area (Å²) in [6.07, 6.45) is 40.4. The summed E-state index contributed by atoms with van der Waals surface area (Å²) in [7, 11) is 3.67. The van der Waals surface area contributed by atoms with Crippen molar-refractivity contribution in [2.45, 2.75) is 180 Å². The largest absolute Gasteiger partial charge is 0.465 e. The number of H-pyrrole nitrogens is 1. The number of nitrogens with zero attached hydrogens (tertiary/aromatic N) is 2. The lowest BCUT2D eigenvalue weighted by Crippen LogP contribution is -2.40. The van der Waals surface area contributed by atoms with Crippen LogP contribution in [0.1, 0.15) is 174 Å². The zero-order valence-corrected chi connectivity index (χ0v) is 36.6. The van der Waals surface area contributed by atoms with Crippen molar-refractivity contribution in [3.05, 3.63) is 42.5 Å². The zero-order chi connectivity index (χ0) is 40.9. The van der Waals surface area contributed by atoms with Crippen LogP contribution in [0, 0.1) is 29.6 Å². The topological polar surface area (TPSA) is 111 Å². The molecule has 1 N–H and O–H groups in total. The molecule has 1 unspecified atom stereocenters. The van der Waals surface area contributed by atoms with E-state index in [4.69, 9.17) is 14.2 Å². The van der Waals surface area contributed by atoms with Gasteiger partial charge in [0.15, 0.2) is 0 Å². The van der Waals surface area contributed by atoms with E-state index in [9.17, 15) is 14.4 Å². The molecule has 324 valence electrons. The second-order valence-electron chi connectivity index (χ2n) is 17.4. The minimum absolute atomic E-state index is 0.00184. The quantitative estimate of drug-likeness (QED) is 0.0355. The number of allylic oxidation sites excluding steroid dienone is 4. The Bertz CT molecular complexity index is 1250. The molecule has 0 aromatic carbocycles. The molecule has 0 spiro atoms. The molecule has 1 heterocycles. The molecule has 3 rings (SSSR count). The molecule has 0 amide bonds. The highest BCUT2D eigenvalue weighted by Crippen LogP contribution is 2.42. The number of carbonyl (C=O) groups is 3. The second-order valence-corrected chi connectivity index (χ2v) is 17.4. The van der Waals surface area contributed by atoms with Crippen LogP contribution in [0.25, 0.3) is 0 Å². The van der Waals surface area contributed by atoms with Gasteiger partial charge in [0.2, 0.25) is 0 Å². The van der Waals surface area contributed by atoms with Gasteiger partial charge in [-0.1, -0.05) is 109 Å². The Balaban J connectivity index is 1.38. The first-order valence-corrected chi connectivity index (χ1v) is 23.2. The van der Waals surface area contributed by atoms with Gasteiger partial charge in [-0.2, -0.15) is 0 Å². The average Bonchev–Trinajstić information content (AvgIpc) is 3.75. The zero-order valence-electron chi connectivity index (χ0n) is 36.6. The number of unbranched alkanes of at least 4 members (excludes halogenated alkanes) is 10. The molecule has 2 atom stereocenters. The maximum Gasteiger partial charge on any atom is 0.323 e. The third kappa shape index (κ3) is 21.1. The summed E-state index contributed by atoms with van der Waals surface area (Å²) in [4.78, 5) is 48.3. The highest BCUT2D eigenvalue weighted by atomic mass is 16.6. The third-order valence-corrected chi connectivity index (χ3v) is 12.5. The Kier molecular flexibility index (Phi) is 25.6. The Morgan fingerprint density at radius 1 is 0.737 bits per heavy atom. The summed E-state index contributed by atoms with van der Waals surface area (Å²) in [6.45, 7) is 4.61. The number of aromatic nitrogens is 2. The Morgan fingerprint density at radius 3 is 1.98 bits per heavy atom. The standard InChI is InChI=1S/C48H81N3O6/c1-5-7-9-10-11-12-13-14-15-16-17-18-19-20-22-24-46(52)55-35-40(37-57-48(54)45(51(3)4)33-44-34-49-38-50-44)36-56-47(53)43-31-29-42(30-32-43)41-27-25-39(26-28-41)23-21-8-6-2/h11-12,14-15,34,38-43,45H,5-10,13,16-33,35-37H2,1-4H3,(H,49,50)/b12-11-,15-14-/t39-,40?,41-,42-,43-,45-/m0/s1. The van der Waals surface area contributed by atoms with Crippen LogP contribution < -0.4 is 0 Å². The molecule has 0 aliphatic heterocycles. The van der Waals surface area contributed by atoms with E-state index < -0.39 is 12.0 Å². The van der Waals surface area contributed by atoms with E-state index in [1.165, 1.54) is 77.0 Å². The van der Waals surface area contributed by atoms with Gasteiger partial charge in [-0.15, -0.1) is 0 Å². The van der Waals surface area contributed by atoms with Crippen molar-refractivity contribution in [3.63, 3.8) is 0 Å². The number of likely N-dealkylation sites (N-methyl/N-ethyl adjacent to an activating group) is 1. The number of nitrogens with one attached hydrogen (secondary N) is 1. The van der Waals surface area contributed by atoms with Crippen molar-refractivity contribution < 1.29 is 28.6 Å². The number of ether oxygens (including phenoxy) is 3. The fourth-order valence-electron chi connectivity index (χ4n) is 8.66.